The van der Waals surface area contributed by atoms with Crippen LogP contribution in [0.2, 0.25) is 5.02 Å². The van der Waals surface area contributed by atoms with Crippen molar-refractivity contribution in [3.63, 3.8) is 0 Å². The van der Waals surface area contributed by atoms with Crippen LogP contribution in [-0.2, 0) is 0 Å². The van der Waals surface area contributed by atoms with E-state index >= 15 is 0 Å². The Morgan fingerprint density at radius 2 is 1.67 bits per heavy atom. The van der Waals surface area contributed by atoms with Gasteiger partial charge in [-0.25, -0.2) is 4.68 Å². The smallest absolute Gasteiger partial charge is 0.0723 e. The van der Waals surface area contributed by atoms with Gasteiger partial charge in [0.1, 0.15) is 0 Å². The molecule has 0 radical (unpaired) electrons. The van der Waals surface area contributed by atoms with E-state index in [0.717, 1.165) is 21.8 Å². The zero-order chi connectivity index (χ0) is 12.4. The van der Waals surface area contributed by atoms with Gasteiger partial charge in [-0.1, -0.05) is 41.9 Å². The zero-order valence-corrected chi connectivity index (χ0v) is 10.4. The minimum Gasteiger partial charge on any atom is -0.240 e. The summed E-state index contributed by atoms with van der Waals surface area (Å²) in [5.41, 5.74) is 3.33. The van der Waals surface area contributed by atoms with E-state index in [4.69, 9.17) is 11.6 Å². The number of para-hydroxylation sites is 1. The number of benzene rings is 2. The van der Waals surface area contributed by atoms with Gasteiger partial charge in [0.25, 0.3) is 0 Å². The fraction of sp³-hybridized carbons (Fsp3) is 0. The van der Waals surface area contributed by atoms with Gasteiger partial charge in [-0.2, -0.15) is 5.10 Å². The van der Waals surface area contributed by atoms with E-state index in [9.17, 15) is 0 Å². The second kappa shape index (κ2) is 4.67. The Labute approximate surface area is 110 Å². The van der Waals surface area contributed by atoms with E-state index in [-0.39, 0.29) is 0 Å². The van der Waals surface area contributed by atoms with Crippen LogP contribution in [0, 0.1) is 0 Å². The highest BCUT2D eigenvalue weighted by Gasteiger charge is 2.06. The molecule has 0 amide bonds. The molecule has 0 saturated carbocycles. The molecule has 0 spiro atoms. The van der Waals surface area contributed by atoms with Crippen LogP contribution in [0.25, 0.3) is 16.8 Å². The maximum atomic E-state index is 5.92. The van der Waals surface area contributed by atoms with Gasteiger partial charge in [-0.05, 0) is 29.8 Å². The Morgan fingerprint density at radius 3 is 2.39 bits per heavy atom. The fourth-order valence-corrected chi connectivity index (χ4v) is 2.08. The molecular formula is C15H11ClN2. The van der Waals surface area contributed by atoms with Gasteiger partial charge in [0.05, 0.1) is 5.69 Å². The molecule has 18 heavy (non-hydrogen) atoms. The molecule has 0 N–H and O–H groups in total. The van der Waals surface area contributed by atoms with E-state index < -0.39 is 0 Å². The van der Waals surface area contributed by atoms with Gasteiger partial charge in [-0.15, -0.1) is 0 Å². The van der Waals surface area contributed by atoms with E-state index in [1.165, 1.54) is 0 Å². The Balaban J connectivity index is 2.15. The predicted octanol–water partition coefficient (Wildman–Crippen LogP) is 4.19. The molecular weight excluding hydrogens is 244 g/mol. The third-order valence-electron chi connectivity index (χ3n) is 2.81. The molecule has 0 aliphatic carbocycles. The van der Waals surface area contributed by atoms with Gasteiger partial charge in [0, 0.05) is 23.0 Å². The van der Waals surface area contributed by atoms with E-state index in [2.05, 4.69) is 17.2 Å². The third kappa shape index (κ3) is 2.03. The molecule has 0 aliphatic heterocycles. The molecule has 3 aromatic rings. The molecule has 0 fully saturated rings. The van der Waals surface area contributed by atoms with Gasteiger partial charge in [-0.3, -0.25) is 0 Å². The molecule has 1 aromatic heterocycles. The molecule has 0 atom stereocenters. The molecule has 3 heteroatoms. The second-order valence-electron chi connectivity index (χ2n) is 3.97. The largest absolute Gasteiger partial charge is 0.240 e. The summed E-state index contributed by atoms with van der Waals surface area (Å²) in [6.07, 6.45) is 3.72. The molecule has 0 unspecified atom stereocenters. The van der Waals surface area contributed by atoms with Crippen LogP contribution in [0.15, 0.2) is 67.0 Å². The normalized spacial score (nSPS) is 10.5. The number of rotatable bonds is 2. The quantitative estimate of drug-likeness (QED) is 0.670. The summed E-state index contributed by atoms with van der Waals surface area (Å²) in [4.78, 5) is 0. The van der Waals surface area contributed by atoms with Crippen molar-refractivity contribution in [3.05, 3.63) is 72.0 Å². The summed E-state index contributed by atoms with van der Waals surface area (Å²) >= 11 is 5.92. The Hall–Kier alpha value is -2.06. The van der Waals surface area contributed by atoms with Crippen molar-refractivity contribution in [3.8, 4) is 16.8 Å². The standard InChI is InChI=1S/C15H11ClN2/c16-13-8-6-12(7-9-13)14-4-1-2-5-15(14)18-11-3-10-17-18/h1-11H. The topological polar surface area (TPSA) is 17.8 Å². The minimum absolute atomic E-state index is 0.746. The highest BCUT2D eigenvalue weighted by Crippen LogP contribution is 2.27. The van der Waals surface area contributed by atoms with Crippen LogP contribution in [0.5, 0.6) is 0 Å². The molecule has 88 valence electrons. The highest BCUT2D eigenvalue weighted by molar-refractivity contribution is 6.30. The van der Waals surface area contributed by atoms with Crippen LogP contribution in [0.3, 0.4) is 0 Å². The predicted molar refractivity (Wildman–Crippen MR) is 74.0 cm³/mol. The Bertz CT molecular complexity index is 643. The number of aromatic nitrogens is 2. The van der Waals surface area contributed by atoms with Crippen LogP contribution in [0.1, 0.15) is 0 Å². The van der Waals surface area contributed by atoms with Crippen molar-refractivity contribution in [2.75, 3.05) is 0 Å². The van der Waals surface area contributed by atoms with E-state index in [1.807, 2.05) is 53.3 Å². The monoisotopic (exact) mass is 254 g/mol. The maximum Gasteiger partial charge on any atom is 0.0723 e. The van der Waals surface area contributed by atoms with Crippen LogP contribution < -0.4 is 0 Å². The molecule has 0 bridgehead atoms. The SMILES string of the molecule is Clc1ccc(-c2ccccc2-n2cccn2)cc1. The van der Waals surface area contributed by atoms with Gasteiger partial charge >= 0.3 is 0 Å². The van der Waals surface area contributed by atoms with Gasteiger partial charge < -0.3 is 0 Å². The molecule has 0 aliphatic rings. The maximum absolute atomic E-state index is 5.92. The second-order valence-corrected chi connectivity index (χ2v) is 4.41. The first-order valence-corrected chi connectivity index (χ1v) is 6.07. The summed E-state index contributed by atoms with van der Waals surface area (Å²) in [5, 5.41) is 5.03. The first kappa shape index (κ1) is 11.1. The first-order valence-electron chi connectivity index (χ1n) is 5.69. The number of hydrogen-bond acceptors (Lipinski definition) is 1. The lowest BCUT2D eigenvalue weighted by atomic mass is 10.0. The van der Waals surface area contributed by atoms with Crippen molar-refractivity contribution in [2.24, 2.45) is 0 Å². The summed E-state index contributed by atoms with van der Waals surface area (Å²) in [5.74, 6) is 0. The van der Waals surface area contributed by atoms with Crippen LogP contribution in [0.4, 0.5) is 0 Å². The molecule has 0 saturated heterocycles. The summed E-state index contributed by atoms with van der Waals surface area (Å²) in [6.45, 7) is 0. The number of halogens is 1. The van der Waals surface area contributed by atoms with E-state index in [0.29, 0.717) is 0 Å². The third-order valence-corrected chi connectivity index (χ3v) is 3.06. The first-order chi connectivity index (χ1) is 8.84. The van der Waals surface area contributed by atoms with Crippen molar-refractivity contribution in [1.82, 2.24) is 9.78 Å². The fourth-order valence-electron chi connectivity index (χ4n) is 1.96. The molecule has 2 aromatic carbocycles. The number of nitrogens with zero attached hydrogens (tertiary/aromatic N) is 2. The summed E-state index contributed by atoms with van der Waals surface area (Å²) in [6, 6.07) is 17.9. The van der Waals surface area contributed by atoms with Crippen molar-refractivity contribution in [1.29, 1.82) is 0 Å². The Kier molecular flexibility index (Phi) is 2.87. The van der Waals surface area contributed by atoms with Crippen molar-refractivity contribution < 1.29 is 0 Å². The van der Waals surface area contributed by atoms with Crippen LogP contribution in [-0.4, -0.2) is 9.78 Å². The molecule has 2 nitrogen and oxygen atoms in total. The molecule has 1 heterocycles. The van der Waals surface area contributed by atoms with Crippen molar-refractivity contribution >= 4 is 11.6 Å². The number of hydrogen-bond donors (Lipinski definition) is 0. The molecule has 3 rings (SSSR count). The summed E-state index contributed by atoms with van der Waals surface area (Å²) in [7, 11) is 0. The average molecular weight is 255 g/mol. The average Bonchev–Trinajstić information content (AvgIpc) is 2.93. The van der Waals surface area contributed by atoms with Gasteiger partial charge in [0.15, 0.2) is 0 Å². The highest BCUT2D eigenvalue weighted by atomic mass is 35.5. The lowest BCUT2D eigenvalue weighted by molar-refractivity contribution is 0.882. The Morgan fingerprint density at radius 1 is 0.889 bits per heavy atom. The minimum atomic E-state index is 0.746. The van der Waals surface area contributed by atoms with Crippen molar-refractivity contribution in [2.45, 2.75) is 0 Å². The summed E-state index contributed by atoms with van der Waals surface area (Å²) < 4.78 is 1.87. The lowest BCUT2D eigenvalue weighted by Crippen LogP contribution is -1.96. The lowest BCUT2D eigenvalue weighted by Gasteiger charge is -2.09. The van der Waals surface area contributed by atoms with Crippen LogP contribution >= 0.6 is 11.6 Å². The van der Waals surface area contributed by atoms with Gasteiger partial charge in [0.2, 0.25) is 0 Å². The van der Waals surface area contributed by atoms with E-state index in [1.54, 1.807) is 6.20 Å². The zero-order valence-electron chi connectivity index (χ0n) is 9.62.